The molecule has 1 aliphatic heterocycles. The second-order valence-corrected chi connectivity index (χ2v) is 6.05. The number of carbonyl (C=O) groups excluding carboxylic acids is 1. The third-order valence-corrected chi connectivity index (χ3v) is 3.49. The summed E-state index contributed by atoms with van der Waals surface area (Å²) in [6, 6.07) is 2.79. The minimum atomic E-state index is -0.450. The predicted molar refractivity (Wildman–Crippen MR) is 76.1 cm³/mol. The number of anilines is 1. The lowest BCUT2D eigenvalue weighted by atomic mass is 10.0. The summed E-state index contributed by atoms with van der Waals surface area (Å²) in [7, 11) is 0. The first-order chi connectivity index (χ1) is 9.19. The van der Waals surface area contributed by atoms with Crippen LogP contribution in [0, 0.1) is 12.7 Å². The van der Waals surface area contributed by atoms with E-state index in [0.29, 0.717) is 24.3 Å². The number of benzene rings is 1. The van der Waals surface area contributed by atoms with E-state index >= 15 is 0 Å². The maximum absolute atomic E-state index is 13.7. The largest absolute Gasteiger partial charge is 0.398 e. The number of nitrogen functional groups attached to an aromatic ring is 1. The molecule has 0 aromatic heterocycles. The number of morpholine rings is 1. The van der Waals surface area contributed by atoms with Crippen LogP contribution in [0.15, 0.2) is 12.1 Å². The number of hydrogen-bond donors (Lipinski definition) is 1. The summed E-state index contributed by atoms with van der Waals surface area (Å²) in [6.07, 6.45) is -0.0460. The highest BCUT2D eigenvalue weighted by atomic mass is 19.1. The van der Waals surface area contributed by atoms with Crippen molar-refractivity contribution in [3.05, 3.63) is 29.1 Å². The van der Waals surface area contributed by atoms with Crippen molar-refractivity contribution in [2.45, 2.75) is 39.4 Å². The average Bonchev–Trinajstić information content (AvgIpc) is 2.32. The van der Waals surface area contributed by atoms with Gasteiger partial charge in [-0.25, -0.2) is 4.39 Å². The smallest absolute Gasteiger partial charge is 0.254 e. The van der Waals surface area contributed by atoms with Crippen LogP contribution in [0.4, 0.5) is 10.1 Å². The number of halogens is 1. The normalized spacial score (nSPS) is 21.9. The van der Waals surface area contributed by atoms with Crippen LogP contribution in [0.25, 0.3) is 0 Å². The van der Waals surface area contributed by atoms with Gasteiger partial charge in [0.25, 0.3) is 5.91 Å². The van der Waals surface area contributed by atoms with Gasteiger partial charge in [0.2, 0.25) is 0 Å². The van der Waals surface area contributed by atoms with Gasteiger partial charge in [0.15, 0.2) is 0 Å². The Labute approximate surface area is 118 Å². The van der Waals surface area contributed by atoms with Crippen LogP contribution in [-0.4, -0.2) is 35.6 Å². The molecular formula is C15H21FN2O2. The van der Waals surface area contributed by atoms with Gasteiger partial charge in [0.05, 0.1) is 11.7 Å². The van der Waals surface area contributed by atoms with Crippen molar-refractivity contribution in [2.24, 2.45) is 0 Å². The van der Waals surface area contributed by atoms with Crippen molar-refractivity contribution >= 4 is 11.6 Å². The highest BCUT2D eigenvalue weighted by Crippen LogP contribution is 2.24. The van der Waals surface area contributed by atoms with E-state index in [2.05, 4.69) is 0 Å². The van der Waals surface area contributed by atoms with Gasteiger partial charge in [0, 0.05) is 29.9 Å². The zero-order valence-electron chi connectivity index (χ0n) is 12.4. The van der Waals surface area contributed by atoms with Gasteiger partial charge in [-0.3, -0.25) is 4.79 Å². The number of ether oxygens (including phenoxy) is 1. The maximum atomic E-state index is 13.7. The number of nitrogens with two attached hydrogens (primary N) is 1. The molecule has 2 rings (SSSR count). The van der Waals surface area contributed by atoms with Crippen LogP contribution in [0.3, 0.4) is 0 Å². The Hall–Kier alpha value is -1.62. The molecule has 2 N–H and O–H groups in total. The van der Waals surface area contributed by atoms with E-state index in [9.17, 15) is 9.18 Å². The molecule has 4 nitrogen and oxygen atoms in total. The number of hydrogen-bond acceptors (Lipinski definition) is 3. The first kappa shape index (κ1) is 14.8. The van der Waals surface area contributed by atoms with Crippen molar-refractivity contribution in [1.29, 1.82) is 0 Å². The molecule has 0 bridgehead atoms. The number of nitrogens with zero attached hydrogens (tertiary/aromatic N) is 1. The molecule has 1 aromatic carbocycles. The molecule has 0 aliphatic carbocycles. The van der Waals surface area contributed by atoms with Crippen LogP contribution >= 0.6 is 0 Å². The molecule has 0 spiro atoms. The highest BCUT2D eigenvalue weighted by Gasteiger charge is 2.34. The van der Waals surface area contributed by atoms with Crippen molar-refractivity contribution in [3.8, 4) is 0 Å². The SMILES string of the molecule is Cc1c(N)cc(C(=O)N2CC(C)OC(C)(C)C2)cc1F. The molecule has 1 unspecified atom stereocenters. The first-order valence-corrected chi connectivity index (χ1v) is 6.72. The predicted octanol–water partition coefficient (Wildman–Crippen LogP) is 2.36. The highest BCUT2D eigenvalue weighted by molar-refractivity contribution is 5.95. The Balaban J connectivity index is 2.27. The summed E-state index contributed by atoms with van der Waals surface area (Å²) in [4.78, 5) is 14.2. The monoisotopic (exact) mass is 280 g/mol. The van der Waals surface area contributed by atoms with Crippen molar-refractivity contribution in [1.82, 2.24) is 4.90 Å². The zero-order chi connectivity index (χ0) is 15.1. The molecule has 1 aliphatic rings. The fraction of sp³-hybridized carbons (Fsp3) is 0.533. The van der Waals surface area contributed by atoms with E-state index in [1.807, 2.05) is 20.8 Å². The van der Waals surface area contributed by atoms with Crippen molar-refractivity contribution in [2.75, 3.05) is 18.8 Å². The summed E-state index contributed by atoms with van der Waals surface area (Å²) >= 11 is 0. The minimum Gasteiger partial charge on any atom is -0.398 e. The van der Waals surface area contributed by atoms with Gasteiger partial charge in [-0.1, -0.05) is 0 Å². The molecule has 0 saturated carbocycles. The van der Waals surface area contributed by atoms with Crippen LogP contribution in [0.1, 0.15) is 36.7 Å². The lowest BCUT2D eigenvalue weighted by Gasteiger charge is -2.41. The Morgan fingerprint density at radius 2 is 2.15 bits per heavy atom. The van der Waals surface area contributed by atoms with Crippen molar-refractivity contribution in [3.63, 3.8) is 0 Å². The van der Waals surface area contributed by atoms with Crippen molar-refractivity contribution < 1.29 is 13.9 Å². The molecule has 5 heteroatoms. The van der Waals surface area contributed by atoms with E-state index in [0.717, 1.165) is 0 Å². The standard InChI is InChI=1S/C15H21FN2O2/c1-9-7-18(8-15(3,4)20-9)14(19)11-5-12(16)10(2)13(17)6-11/h5-6,9H,7-8,17H2,1-4H3. The summed E-state index contributed by atoms with van der Waals surface area (Å²) in [5, 5.41) is 0. The Kier molecular flexibility index (Phi) is 3.73. The van der Waals surface area contributed by atoms with Crippen LogP contribution in [0.2, 0.25) is 0 Å². The molecule has 1 atom stereocenters. The summed E-state index contributed by atoms with van der Waals surface area (Å²) in [5.41, 5.74) is 6.29. The van der Waals surface area contributed by atoms with Gasteiger partial charge in [-0.05, 0) is 39.8 Å². The lowest BCUT2D eigenvalue weighted by Crippen LogP contribution is -2.53. The van der Waals surface area contributed by atoms with E-state index in [4.69, 9.17) is 10.5 Å². The summed E-state index contributed by atoms with van der Waals surface area (Å²) < 4.78 is 19.5. The third kappa shape index (κ3) is 2.93. The Morgan fingerprint density at radius 3 is 2.70 bits per heavy atom. The van der Waals surface area contributed by atoms with Gasteiger partial charge in [0.1, 0.15) is 5.82 Å². The van der Waals surface area contributed by atoms with E-state index in [-0.39, 0.29) is 17.6 Å². The second-order valence-electron chi connectivity index (χ2n) is 6.05. The van der Waals surface area contributed by atoms with Gasteiger partial charge >= 0.3 is 0 Å². The molecule has 1 heterocycles. The minimum absolute atomic E-state index is 0.0460. The topological polar surface area (TPSA) is 55.6 Å². The van der Waals surface area contributed by atoms with E-state index in [1.165, 1.54) is 12.1 Å². The van der Waals surface area contributed by atoms with Gasteiger partial charge in [-0.15, -0.1) is 0 Å². The number of amides is 1. The first-order valence-electron chi connectivity index (χ1n) is 6.72. The van der Waals surface area contributed by atoms with Gasteiger partial charge in [-0.2, -0.15) is 0 Å². The van der Waals surface area contributed by atoms with Crippen LogP contribution < -0.4 is 5.73 Å². The van der Waals surface area contributed by atoms with Gasteiger partial charge < -0.3 is 15.4 Å². The third-order valence-electron chi connectivity index (χ3n) is 3.49. The lowest BCUT2D eigenvalue weighted by molar-refractivity contribution is -0.118. The number of rotatable bonds is 1. The fourth-order valence-corrected chi connectivity index (χ4v) is 2.61. The fourth-order valence-electron chi connectivity index (χ4n) is 2.61. The van der Waals surface area contributed by atoms with Crippen LogP contribution in [0.5, 0.6) is 0 Å². The quantitative estimate of drug-likeness (QED) is 0.803. The van der Waals surface area contributed by atoms with E-state index < -0.39 is 11.4 Å². The molecule has 1 aromatic rings. The number of carbonyl (C=O) groups is 1. The molecule has 110 valence electrons. The average molecular weight is 280 g/mol. The van der Waals surface area contributed by atoms with Crippen LogP contribution in [-0.2, 0) is 4.74 Å². The molecule has 1 fully saturated rings. The molecule has 1 saturated heterocycles. The molecule has 0 radical (unpaired) electrons. The Morgan fingerprint density at radius 1 is 1.50 bits per heavy atom. The van der Waals surface area contributed by atoms with E-state index in [1.54, 1.807) is 11.8 Å². The molecule has 1 amide bonds. The second kappa shape index (κ2) is 5.05. The summed E-state index contributed by atoms with van der Waals surface area (Å²) in [6.45, 7) is 8.37. The zero-order valence-corrected chi connectivity index (χ0v) is 12.4. The maximum Gasteiger partial charge on any atom is 0.254 e. The summed E-state index contributed by atoms with van der Waals surface area (Å²) in [5.74, 6) is -0.659. The Bertz CT molecular complexity index is 520. The molecular weight excluding hydrogens is 259 g/mol. The molecule has 20 heavy (non-hydrogen) atoms.